The van der Waals surface area contributed by atoms with Gasteiger partial charge in [0.1, 0.15) is 0 Å². The Morgan fingerprint density at radius 2 is 2.07 bits per heavy atom. The maximum Gasteiger partial charge on any atom is 0.159 e. The molecule has 1 aromatic carbocycles. The third-order valence-electron chi connectivity index (χ3n) is 1.90. The first kappa shape index (κ1) is 11.6. The van der Waals surface area contributed by atoms with Crippen molar-refractivity contribution in [3.8, 4) is 0 Å². The SMILES string of the molecule is CC/C=C/C(=O)Cc1ccc(F)c(F)c1. The fourth-order valence-electron chi connectivity index (χ4n) is 1.16. The van der Waals surface area contributed by atoms with Crippen molar-refractivity contribution in [2.45, 2.75) is 19.8 Å². The van der Waals surface area contributed by atoms with Crippen molar-refractivity contribution in [2.24, 2.45) is 0 Å². The van der Waals surface area contributed by atoms with Gasteiger partial charge in [-0.25, -0.2) is 8.78 Å². The molecule has 0 saturated heterocycles. The molecule has 0 heterocycles. The van der Waals surface area contributed by atoms with E-state index >= 15 is 0 Å². The molecule has 0 atom stereocenters. The predicted molar refractivity (Wildman–Crippen MR) is 54.5 cm³/mol. The highest BCUT2D eigenvalue weighted by atomic mass is 19.2. The van der Waals surface area contributed by atoms with Crippen LogP contribution in [0.3, 0.4) is 0 Å². The molecule has 15 heavy (non-hydrogen) atoms. The molecule has 0 aromatic heterocycles. The average Bonchev–Trinajstić information content (AvgIpc) is 2.20. The maximum absolute atomic E-state index is 12.8. The summed E-state index contributed by atoms with van der Waals surface area (Å²) in [6, 6.07) is 3.49. The van der Waals surface area contributed by atoms with E-state index in [1.54, 1.807) is 6.08 Å². The third-order valence-corrected chi connectivity index (χ3v) is 1.90. The van der Waals surface area contributed by atoms with Crippen molar-refractivity contribution in [1.29, 1.82) is 0 Å². The molecule has 0 radical (unpaired) electrons. The Balaban J connectivity index is 2.69. The van der Waals surface area contributed by atoms with E-state index in [0.29, 0.717) is 5.56 Å². The van der Waals surface area contributed by atoms with E-state index in [2.05, 4.69) is 0 Å². The number of carbonyl (C=O) groups is 1. The summed E-state index contributed by atoms with van der Waals surface area (Å²) in [4.78, 5) is 11.3. The van der Waals surface area contributed by atoms with E-state index < -0.39 is 11.6 Å². The van der Waals surface area contributed by atoms with Crippen LogP contribution in [0.5, 0.6) is 0 Å². The average molecular weight is 210 g/mol. The molecule has 1 nitrogen and oxygen atoms in total. The number of hydrogen-bond donors (Lipinski definition) is 0. The van der Waals surface area contributed by atoms with Crippen molar-refractivity contribution < 1.29 is 13.6 Å². The minimum atomic E-state index is -0.917. The maximum atomic E-state index is 12.8. The largest absolute Gasteiger partial charge is 0.294 e. The highest BCUT2D eigenvalue weighted by Crippen LogP contribution is 2.09. The summed E-state index contributed by atoms with van der Waals surface area (Å²) in [6.45, 7) is 1.92. The van der Waals surface area contributed by atoms with Crippen LogP contribution in [0.1, 0.15) is 18.9 Å². The quantitative estimate of drug-likeness (QED) is 0.698. The lowest BCUT2D eigenvalue weighted by Gasteiger charge is -1.98. The summed E-state index contributed by atoms with van der Waals surface area (Å²) in [5, 5.41) is 0. The molecule has 0 spiro atoms. The second kappa shape index (κ2) is 5.39. The fourth-order valence-corrected chi connectivity index (χ4v) is 1.16. The van der Waals surface area contributed by atoms with Crippen molar-refractivity contribution in [3.63, 3.8) is 0 Å². The van der Waals surface area contributed by atoms with Crippen LogP contribution >= 0.6 is 0 Å². The molecular weight excluding hydrogens is 198 g/mol. The van der Waals surface area contributed by atoms with E-state index in [4.69, 9.17) is 0 Å². The zero-order valence-electron chi connectivity index (χ0n) is 8.47. The van der Waals surface area contributed by atoms with Gasteiger partial charge in [-0.05, 0) is 30.2 Å². The Kier molecular flexibility index (Phi) is 4.16. The Bertz CT molecular complexity index is 383. The molecule has 0 aliphatic rings. The second-order valence-electron chi connectivity index (χ2n) is 3.20. The number of carbonyl (C=O) groups excluding carboxylic acids is 1. The van der Waals surface area contributed by atoms with E-state index in [9.17, 15) is 13.6 Å². The van der Waals surface area contributed by atoms with Gasteiger partial charge < -0.3 is 0 Å². The van der Waals surface area contributed by atoms with Gasteiger partial charge in [0.25, 0.3) is 0 Å². The van der Waals surface area contributed by atoms with E-state index in [1.807, 2.05) is 6.92 Å². The number of ketones is 1. The van der Waals surface area contributed by atoms with Crippen LogP contribution in [0.2, 0.25) is 0 Å². The van der Waals surface area contributed by atoms with Crippen LogP contribution < -0.4 is 0 Å². The standard InChI is InChI=1S/C12H12F2O/c1-2-3-4-10(15)7-9-5-6-11(13)12(14)8-9/h3-6,8H,2,7H2,1H3/b4-3+. The fraction of sp³-hybridized carbons (Fsp3) is 0.250. The lowest BCUT2D eigenvalue weighted by molar-refractivity contribution is -0.114. The number of allylic oxidation sites excluding steroid dienone is 2. The molecule has 1 rings (SSSR count). The van der Waals surface area contributed by atoms with Gasteiger partial charge in [-0.15, -0.1) is 0 Å². The van der Waals surface area contributed by atoms with Gasteiger partial charge in [0.05, 0.1) is 0 Å². The zero-order chi connectivity index (χ0) is 11.3. The van der Waals surface area contributed by atoms with Crippen LogP contribution in [-0.4, -0.2) is 5.78 Å². The van der Waals surface area contributed by atoms with Crippen LogP contribution in [0.25, 0.3) is 0 Å². The van der Waals surface area contributed by atoms with E-state index in [1.165, 1.54) is 12.1 Å². The first-order valence-electron chi connectivity index (χ1n) is 4.76. The third kappa shape index (κ3) is 3.62. The summed E-state index contributed by atoms with van der Waals surface area (Å²) >= 11 is 0. The lowest BCUT2D eigenvalue weighted by Crippen LogP contribution is -1.99. The van der Waals surface area contributed by atoms with E-state index in [-0.39, 0.29) is 12.2 Å². The monoisotopic (exact) mass is 210 g/mol. The van der Waals surface area contributed by atoms with Crippen LogP contribution in [0, 0.1) is 11.6 Å². The summed E-state index contributed by atoms with van der Waals surface area (Å²) in [5.41, 5.74) is 0.486. The van der Waals surface area contributed by atoms with Gasteiger partial charge >= 0.3 is 0 Å². The summed E-state index contributed by atoms with van der Waals surface area (Å²) in [6.07, 6.45) is 4.08. The number of rotatable bonds is 4. The second-order valence-corrected chi connectivity index (χ2v) is 3.20. The number of halogens is 2. The van der Waals surface area contributed by atoms with Crippen molar-refractivity contribution in [3.05, 3.63) is 47.5 Å². The van der Waals surface area contributed by atoms with Gasteiger partial charge in [0.2, 0.25) is 0 Å². The Labute approximate surface area is 87.4 Å². The molecule has 1 aromatic rings. The first-order valence-corrected chi connectivity index (χ1v) is 4.76. The zero-order valence-corrected chi connectivity index (χ0v) is 8.47. The summed E-state index contributed by atoms with van der Waals surface area (Å²) in [7, 11) is 0. The molecule has 0 N–H and O–H groups in total. The molecule has 0 saturated carbocycles. The highest BCUT2D eigenvalue weighted by molar-refractivity contribution is 5.91. The molecule has 0 aliphatic carbocycles. The smallest absolute Gasteiger partial charge is 0.159 e. The Morgan fingerprint density at radius 1 is 1.33 bits per heavy atom. The normalized spacial score (nSPS) is 10.9. The van der Waals surface area contributed by atoms with Crippen molar-refractivity contribution in [2.75, 3.05) is 0 Å². The lowest BCUT2D eigenvalue weighted by atomic mass is 10.1. The topological polar surface area (TPSA) is 17.1 Å². The minimum absolute atomic E-state index is 0.105. The number of benzene rings is 1. The summed E-state index contributed by atoms with van der Waals surface area (Å²) < 4.78 is 25.3. The molecule has 80 valence electrons. The predicted octanol–water partition coefficient (Wildman–Crippen LogP) is 3.04. The van der Waals surface area contributed by atoms with Gasteiger partial charge in [-0.1, -0.05) is 19.1 Å². The van der Waals surface area contributed by atoms with Crippen molar-refractivity contribution in [1.82, 2.24) is 0 Å². The van der Waals surface area contributed by atoms with Gasteiger partial charge in [0.15, 0.2) is 17.4 Å². The number of hydrogen-bond acceptors (Lipinski definition) is 1. The van der Waals surface area contributed by atoms with Gasteiger partial charge in [0, 0.05) is 6.42 Å². The highest BCUT2D eigenvalue weighted by Gasteiger charge is 2.04. The molecule has 3 heteroatoms. The van der Waals surface area contributed by atoms with Crippen molar-refractivity contribution >= 4 is 5.78 Å². The van der Waals surface area contributed by atoms with Crippen LogP contribution in [0.15, 0.2) is 30.4 Å². The van der Waals surface area contributed by atoms with Gasteiger partial charge in [-0.3, -0.25) is 4.79 Å². The van der Waals surface area contributed by atoms with Crippen LogP contribution in [-0.2, 0) is 11.2 Å². The Hall–Kier alpha value is -1.51. The van der Waals surface area contributed by atoms with Crippen LogP contribution in [0.4, 0.5) is 8.78 Å². The first-order chi connectivity index (χ1) is 7.13. The Morgan fingerprint density at radius 3 is 2.67 bits per heavy atom. The molecule has 0 aliphatic heterocycles. The molecule has 0 amide bonds. The van der Waals surface area contributed by atoms with E-state index in [0.717, 1.165) is 18.6 Å². The molecular formula is C12H12F2O. The van der Waals surface area contributed by atoms with Gasteiger partial charge in [-0.2, -0.15) is 0 Å². The molecule has 0 unspecified atom stereocenters. The minimum Gasteiger partial charge on any atom is -0.294 e. The molecule has 0 fully saturated rings. The summed E-state index contributed by atoms with van der Waals surface area (Å²) in [5.74, 6) is -1.92. The molecule has 0 bridgehead atoms.